The molecule has 2 heterocycles. The minimum atomic E-state index is -0.478. The molecular weight excluding hydrogens is 322 g/mol. The monoisotopic (exact) mass is 337 g/mol. The normalized spacial score (nSPS) is 11.0. The molecule has 0 saturated heterocycles. The first-order valence-electron chi connectivity index (χ1n) is 7.63. The number of carbonyl (C=O) groups excluding carboxylic acids is 1. The van der Waals surface area contributed by atoms with Crippen molar-refractivity contribution in [2.24, 2.45) is 0 Å². The first-order chi connectivity index (χ1) is 12.1. The standard InChI is InChI=1S/C17H15N5O3/c23-17(9-8-13-5-1-2-6-14(13)22(24)25)18-11-10-16-20-19-15-7-3-4-12-21(15)16/h1-9,12H,10-11H2,(H,18,23)/b9-8+. The largest absolute Gasteiger partial charge is 0.352 e. The topological polar surface area (TPSA) is 102 Å². The van der Waals surface area contributed by atoms with Crippen LogP contribution < -0.4 is 5.32 Å². The summed E-state index contributed by atoms with van der Waals surface area (Å²) < 4.78 is 1.86. The quantitative estimate of drug-likeness (QED) is 0.421. The summed E-state index contributed by atoms with van der Waals surface area (Å²) in [7, 11) is 0. The number of fused-ring (bicyclic) bond motifs is 1. The Bertz CT molecular complexity index is 948. The lowest BCUT2D eigenvalue weighted by Crippen LogP contribution is -2.24. The number of para-hydroxylation sites is 1. The Kier molecular flexibility index (Phi) is 4.79. The van der Waals surface area contributed by atoms with E-state index < -0.39 is 4.92 Å². The van der Waals surface area contributed by atoms with Crippen LogP contribution in [0.1, 0.15) is 11.4 Å². The van der Waals surface area contributed by atoms with Crippen LogP contribution in [0.25, 0.3) is 11.7 Å². The number of benzene rings is 1. The molecule has 3 rings (SSSR count). The van der Waals surface area contributed by atoms with Crippen molar-refractivity contribution in [2.45, 2.75) is 6.42 Å². The lowest BCUT2D eigenvalue weighted by Gasteiger charge is -2.02. The van der Waals surface area contributed by atoms with Crippen molar-refractivity contribution in [2.75, 3.05) is 6.54 Å². The van der Waals surface area contributed by atoms with Gasteiger partial charge in [-0.2, -0.15) is 0 Å². The molecule has 0 aliphatic rings. The van der Waals surface area contributed by atoms with Gasteiger partial charge < -0.3 is 5.32 Å². The minimum absolute atomic E-state index is 0.0403. The van der Waals surface area contributed by atoms with Crippen LogP contribution in [-0.4, -0.2) is 32.0 Å². The van der Waals surface area contributed by atoms with Gasteiger partial charge in [-0.1, -0.05) is 18.2 Å². The Morgan fingerprint density at radius 2 is 2.00 bits per heavy atom. The summed E-state index contributed by atoms with van der Waals surface area (Å²) in [4.78, 5) is 22.3. The van der Waals surface area contributed by atoms with Crippen LogP contribution in [0.15, 0.2) is 54.7 Å². The molecule has 0 spiro atoms. The van der Waals surface area contributed by atoms with Crippen molar-refractivity contribution in [1.82, 2.24) is 19.9 Å². The van der Waals surface area contributed by atoms with Crippen LogP contribution in [0, 0.1) is 10.1 Å². The zero-order valence-corrected chi connectivity index (χ0v) is 13.2. The molecule has 1 aromatic carbocycles. The minimum Gasteiger partial charge on any atom is -0.352 e. The fourth-order valence-corrected chi connectivity index (χ4v) is 2.38. The van der Waals surface area contributed by atoms with E-state index in [1.54, 1.807) is 18.2 Å². The first-order valence-corrected chi connectivity index (χ1v) is 7.63. The van der Waals surface area contributed by atoms with E-state index in [0.717, 1.165) is 11.5 Å². The lowest BCUT2D eigenvalue weighted by molar-refractivity contribution is -0.385. The SMILES string of the molecule is O=C(/C=C/c1ccccc1[N+](=O)[O-])NCCc1nnc2ccccn12. The zero-order chi connectivity index (χ0) is 17.6. The van der Waals surface area contributed by atoms with Crippen molar-refractivity contribution in [1.29, 1.82) is 0 Å². The van der Waals surface area contributed by atoms with Gasteiger partial charge in [0.15, 0.2) is 5.65 Å². The van der Waals surface area contributed by atoms with Gasteiger partial charge in [0.2, 0.25) is 5.91 Å². The molecule has 3 aromatic rings. The van der Waals surface area contributed by atoms with Crippen molar-refractivity contribution >= 4 is 23.3 Å². The second kappa shape index (κ2) is 7.35. The molecule has 25 heavy (non-hydrogen) atoms. The number of nitro groups is 1. The molecule has 8 nitrogen and oxygen atoms in total. The summed E-state index contributed by atoms with van der Waals surface area (Å²) in [6.07, 6.45) is 5.10. The molecule has 0 saturated carbocycles. The van der Waals surface area contributed by atoms with E-state index in [1.165, 1.54) is 18.2 Å². The third kappa shape index (κ3) is 3.86. The van der Waals surface area contributed by atoms with E-state index in [1.807, 2.05) is 28.8 Å². The Morgan fingerprint density at radius 1 is 1.20 bits per heavy atom. The van der Waals surface area contributed by atoms with Gasteiger partial charge in [-0.15, -0.1) is 10.2 Å². The maximum atomic E-state index is 11.9. The summed E-state index contributed by atoms with van der Waals surface area (Å²) in [5.41, 5.74) is 1.09. The number of pyridine rings is 1. The maximum absolute atomic E-state index is 11.9. The third-order valence-corrected chi connectivity index (χ3v) is 3.58. The molecule has 2 aromatic heterocycles. The van der Waals surface area contributed by atoms with E-state index in [2.05, 4.69) is 15.5 Å². The summed E-state index contributed by atoms with van der Waals surface area (Å²) in [5.74, 6) is 0.422. The fourth-order valence-electron chi connectivity index (χ4n) is 2.38. The van der Waals surface area contributed by atoms with Crippen LogP contribution in [0.4, 0.5) is 5.69 Å². The van der Waals surface area contributed by atoms with Gasteiger partial charge in [0.05, 0.1) is 10.5 Å². The highest BCUT2D eigenvalue weighted by molar-refractivity contribution is 5.92. The molecular formula is C17H15N5O3. The van der Waals surface area contributed by atoms with Gasteiger partial charge in [0.25, 0.3) is 5.69 Å². The van der Waals surface area contributed by atoms with Crippen LogP contribution in [0.2, 0.25) is 0 Å². The van der Waals surface area contributed by atoms with E-state index in [-0.39, 0.29) is 11.6 Å². The van der Waals surface area contributed by atoms with E-state index in [4.69, 9.17) is 0 Å². The van der Waals surface area contributed by atoms with Gasteiger partial charge in [0, 0.05) is 31.3 Å². The average Bonchev–Trinajstić information content (AvgIpc) is 3.03. The van der Waals surface area contributed by atoms with Crippen molar-refractivity contribution in [3.05, 3.63) is 76.2 Å². The van der Waals surface area contributed by atoms with Gasteiger partial charge in [0.1, 0.15) is 5.82 Å². The molecule has 0 aliphatic carbocycles. The van der Waals surface area contributed by atoms with Crippen LogP contribution in [0.3, 0.4) is 0 Å². The molecule has 0 radical (unpaired) electrons. The molecule has 0 unspecified atom stereocenters. The van der Waals surface area contributed by atoms with Crippen LogP contribution in [-0.2, 0) is 11.2 Å². The molecule has 126 valence electrons. The molecule has 0 bridgehead atoms. The van der Waals surface area contributed by atoms with E-state index in [9.17, 15) is 14.9 Å². The summed E-state index contributed by atoms with van der Waals surface area (Å²) >= 11 is 0. The average molecular weight is 337 g/mol. The number of amides is 1. The molecule has 0 fully saturated rings. The van der Waals surface area contributed by atoms with Gasteiger partial charge in [-0.3, -0.25) is 19.3 Å². The number of rotatable bonds is 6. The number of aromatic nitrogens is 3. The van der Waals surface area contributed by atoms with Crippen LogP contribution >= 0.6 is 0 Å². The highest BCUT2D eigenvalue weighted by Gasteiger charge is 2.10. The van der Waals surface area contributed by atoms with E-state index in [0.29, 0.717) is 18.5 Å². The summed E-state index contributed by atoms with van der Waals surface area (Å²) in [6.45, 7) is 0.385. The molecule has 1 amide bonds. The Balaban J connectivity index is 1.57. The highest BCUT2D eigenvalue weighted by Crippen LogP contribution is 2.18. The van der Waals surface area contributed by atoms with Crippen molar-refractivity contribution in [3.63, 3.8) is 0 Å². The first kappa shape index (κ1) is 16.3. The molecule has 0 aliphatic heterocycles. The number of carbonyl (C=O) groups is 1. The molecule has 1 N–H and O–H groups in total. The number of nitrogens with zero attached hydrogens (tertiary/aromatic N) is 4. The number of nitro benzene ring substituents is 1. The second-order valence-corrected chi connectivity index (χ2v) is 5.24. The summed E-state index contributed by atoms with van der Waals surface area (Å²) in [6, 6.07) is 11.9. The zero-order valence-electron chi connectivity index (χ0n) is 13.2. The number of hydrogen-bond donors (Lipinski definition) is 1. The lowest BCUT2D eigenvalue weighted by atomic mass is 10.1. The van der Waals surface area contributed by atoms with Gasteiger partial charge >= 0.3 is 0 Å². The molecule has 8 heteroatoms. The Hall–Kier alpha value is -3.55. The Morgan fingerprint density at radius 3 is 2.84 bits per heavy atom. The van der Waals surface area contributed by atoms with Gasteiger partial charge in [-0.25, -0.2) is 0 Å². The van der Waals surface area contributed by atoms with E-state index >= 15 is 0 Å². The number of hydrogen-bond acceptors (Lipinski definition) is 5. The number of nitrogens with one attached hydrogen (secondary N) is 1. The molecule has 0 atom stereocenters. The van der Waals surface area contributed by atoms with Gasteiger partial charge in [-0.05, 0) is 24.3 Å². The predicted octanol–water partition coefficient (Wildman–Crippen LogP) is 2.01. The summed E-state index contributed by atoms with van der Waals surface area (Å²) in [5, 5.41) is 21.8. The van der Waals surface area contributed by atoms with Crippen LogP contribution in [0.5, 0.6) is 0 Å². The van der Waals surface area contributed by atoms with Crippen molar-refractivity contribution in [3.8, 4) is 0 Å². The Labute approximate surface area is 143 Å². The predicted molar refractivity (Wildman–Crippen MR) is 91.8 cm³/mol. The van der Waals surface area contributed by atoms with Crippen molar-refractivity contribution < 1.29 is 9.72 Å². The fraction of sp³-hybridized carbons (Fsp3) is 0.118. The highest BCUT2D eigenvalue weighted by atomic mass is 16.6. The maximum Gasteiger partial charge on any atom is 0.276 e. The smallest absolute Gasteiger partial charge is 0.276 e. The second-order valence-electron chi connectivity index (χ2n) is 5.24. The third-order valence-electron chi connectivity index (χ3n) is 3.58.